The molecule has 0 saturated carbocycles. The summed E-state index contributed by atoms with van der Waals surface area (Å²) in [5.74, 6) is 0.976. The lowest BCUT2D eigenvalue weighted by Crippen LogP contribution is -2.47. The second-order valence-corrected chi connectivity index (χ2v) is 9.52. The summed E-state index contributed by atoms with van der Waals surface area (Å²) in [6.45, 7) is 6.14. The van der Waals surface area contributed by atoms with Crippen LogP contribution in [0.1, 0.15) is 24.1 Å². The number of aryl methyl sites for hydroxylation is 1. The lowest BCUT2D eigenvalue weighted by Gasteiger charge is -2.38. The predicted molar refractivity (Wildman–Crippen MR) is 158 cm³/mol. The summed E-state index contributed by atoms with van der Waals surface area (Å²) in [5, 5.41) is 18.4. The van der Waals surface area contributed by atoms with Crippen molar-refractivity contribution in [1.29, 1.82) is 5.26 Å². The van der Waals surface area contributed by atoms with Crippen LogP contribution >= 0.6 is 24.8 Å². The Hall–Kier alpha value is -3.90. The van der Waals surface area contributed by atoms with E-state index in [-0.39, 0.29) is 24.8 Å². The Morgan fingerprint density at radius 2 is 1.62 bits per heavy atom. The fraction of sp³-hybridized carbons (Fsp3) is 0.241. The van der Waals surface area contributed by atoms with Gasteiger partial charge in [-0.25, -0.2) is 9.50 Å². The normalized spacial score (nSPS) is 14.3. The van der Waals surface area contributed by atoms with Gasteiger partial charge in [-0.3, -0.25) is 9.58 Å². The zero-order valence-electron chi connectivity index (χ0n) is 21.8. The Balaban J connectivity index is 0.00000176. The molecule has 5 aromatic rings. The first-order valence-electron chi connectivity index (χ1n) is 12.5. The molecule has 1 aliphatic rings. The number of aromatic nitrogens is 5. The van der Waals surface area contributed by atoms with Gasteiger partial charge in [-0.05, 0) is 30.7 Å². The molecule has 1 saturated heterocycles. The van der Waals surface area contributed by atoms with E-state index in [1.165, 1.54) is 5.56 Å². The molecule has 5 heterocycles. The van der Waals surface area contributed by atoms with E-state index in [1.54, 1.807) is 15.4 Å². The van der Waals surface area contributed by atoms with Gasteiger partial charge in [0, 0.05) is 80.1 Å². The summed E-state index contributed by atoms with van der Waals surface area (Å²) in [4.78, 5) is 9.72. The molecular weight excluding hydrogens is 531 g/mol. The predicted octanol–water partition coefficient (Wildman–Crippen LogP) is 5.40. The summed E-state index contributed by atoms with van der Waals surface area (Å²) >= 11 is 0. The van der Waals surface area contributed by atoms with Crippen molar-refractivity contribution in [2.75, 3.05) is 31.1 Å². The minimum atomic E-state index is 0. The number of rotatable bonds is 5. The van der Waals surface area contributed by atoms with E-state index in [9.17, 15) is 5.26 Å². The van der Waals surface area contributed by atoms with Gasteiger partial charge in [-0.2, -0.15) is 15.5 Å². The Labute approximate surface area is 240 Å². The Morgan fingerprint density at radius 1 is 0.846 bits per heavy atom. The van der Waals surface area contributed by atoms with Crippen molar-refractivity contribution in [1.82, 2.24) is 29.3 Å². The molecule has 10 heteroatoms. The van der Waals surface area contributed by atoms with Gasteiger partial charge in [0.15, 0.2) is 0 Å². The number of anilines is 1. The second-order valence-electron chi connectivity index (χ2n) is 9.52. The molecule has 1 aliphatic heterocycles. The van der Waals surface area contributed by atoms with Crippen LogP contribution in [-0.2, 0) is 7.05 Å². The molecule has 1 atom stereocenters. The number of nitrogens with zero attached hydrogens (tertiary/aromatic N) is 8. The SMILES string of the molecule is CC(c1ccccc1)N1CCN(c2ccc(-c3cc(-c4cnn(C)c4)cn4ncc(C#N)c34)cn2)CC1.Cl.Cl. The number of hydrogen-bond donors (Lipinski definition) is 0. The maximum Gasteiger partial charge on any atom is 0.128 e. The van der Waals surface area contributed by atoms with Crippen molar-refractivity contribution in [2.24, 2.45) is 7.05 Å². The van der Waals surface area contributed by atoms with E-state index in [2.05, 4.69) is 81.5 Å². The van der Waals surface area contributed by atoms with E-state index in [0.717, 1.165) is 59.8 Å². The number of halogens is 2. The highest BCUT2D eigenvalue weighted by Gasteiger charge is 2.23. The molecule has 1 fully saturated rings. The zero-order valence-corrected chi connectivity index (χ0v) is 23.4. The molecule has 0 radical (unpaired) electrons. The van der Waals surface area contributed by atoms with Crippen LogP contribution in [-0.4, -0.2) is 55.5 Å². The van der Waals surface area contributed by atoms with Crippen molar-refractivity contribution >= 4 is 36.1 Å². The third kappa shape index (κ3) is 5.48. The monoisotopic (exact) mass is 560 g/mol. The van der Waals surface area contributed by atoms with Gasteiger partial charge in [-0.1, -0.05) is 30.3 Å². The summed E-state index contributed by atoms with van der Waals surface area (Å²) in [6.07, 6.45) is 9.27. The minimum Gasteiger partial charge on any atom is -0.354 e. The molecule has 0 N–H and O–H groups in total. The molecule has 0 aliphatic carbocycles. The second kappa shape index (κ2) is 11.9. The van der Waals surface area contributed by atoms with Gasteiger partial charge in [0.2, 0.25) is 0 Å². The van der Waals surface area contributed by atoms with Crippen LogP contribution in [0.3, 0.4) is 0 Å². The topological polar surface area (TPSA) is 78.3 Å². The van der Waals surface area contributed by atoms with Crippen molar-refractivity contribution < 1.29 is 0 Å². The van der Waals surface area contributed by atoms with Crippen LogP contribution in [0.25, 0.3) is 27.8 Å². The highest BCUT2D eigenvalue weighted by atomic mass is 35.5. The molecular formula is C29H30Cl2N8. The summed E-state index contributed by atoms with van der Waals surface area (Å²) < 4.78 is 3.55. The first-order valence-corrected chi connectivity index (χ1v) is 12.5. The summed E-state index contributed by atoms with van der Waals surface area (Å²) in [7, 11) is 1.90. The van der Waals surface area contributed by atoms with Crippen LogP contribution in [0.15, 0.2) is 79.5 Å². The largest absolute Gasteiger partial charge is 0.354 e. The highest BCUT2D eigenvalue weighted by molar-refractivity contribution is 5.87. The average Bonchev–Trinajstić information content (AvgIpc) is 3.59. The molecule has 0 bridgehead atoms. The molecule has 200 valence electrons. The van der Waals surface area contributed by atoms with Crippen LogP contribution in [0.4, 0.5) is 5.82 Å². The number of nitriles is 1. The molecule has 8 nitrogen and oxygen atoms in total. The third-order valence-electron chi connectivity index (χ3n) is 7.30. The standard InChI is InChI=1S/C29H28N8.2ClH/c1-21(22-6-4-3-5-7-22)35-10-12-36(13-11-35)28-9-8-23(16-31-28)27-14-24(26-18-32-34(2)19-26)20-37-29(27)25(15-30)17-33-37;;/h3-9,14,16-21H,10-13H2,1-2H3;2*1H. The molecule has 0 spiro atoms. The fourth-order valence-corrected chi connectivity index (χ4v) is 5.16. The molecule has 39 heavy (non-hydrogen) atoms. The zero-order chi connectivity index (χ0) is 25.4. The first-order chi connectivity index (χ1) is 18.1. The molecule has 4 aromatic heterocycles. The number of hydrogen-bond acceptors (Lipinski definition) is 6. The van der Waals surface area contributed by atoms with Crippen LogP contribution in [0, 0.1) is 11.3 Å². The number of benzene rings is 1. The lowest BCUT2D eigenvalue weighted by molar-refractivity contribution is 0.198. The van der Waals surface area contributed by atoms with Gasteiger partial charge < -0.3 is 4.90 Å². The van der Waals surface area contributed by atoms with Crippen LogP contribution in [0.5, 0.6) is 0 Å². The van der Waals surface area contributed by atoms with Crippen LogP contribution in [0.2, 0.25) is 0 Å². The maximum atomic E-state index is 9.69. The fourth-order valence-electron chi connectivity index (χ4n) is 5.16. The van der Waals surface area contributed by atoms with E-state index < -0.39 is 0 Å². The summed E-state index contributed by atoms with van der Waals surface area (Å²) in [5.41, 5.74) is 6.54. The van der Waals surface area contributed by atoms with E-state index in [0.29, 0.717) is 11.6 Å². The summed E-state index contributed by atoms with van der Waals surface area (Å²) in [6, 6.07) is 19.6. The molecule has 0 amide bonds. The molecule has 6 rings (SSSR count). The Morgan fingerprint density at radius 3 is 2.26 bits per heavy atom. The maximum absolute atomic E-state index is 9.69. The van der Waals surface area contributed by atoms with E-state index in [4.69, 9.17) is 4.98 Å². The van der Waals surface area contributed by atoms with E-state index in [1.807, 2.05) is 31.8 Å². The Bertz CT molecular complexity index is 1580. The van der Waals surface area contributed by atoms with Gasteiger partial charge in [0.05, 0.1) is 23.5 Å². The Kier molecular flexibility index (Phi) is 8.56. The van der Waals surface area contributed by atoms with Crippen LogP contribution < -0.4 is 4.90 Å². The van der Waals surface area contributed by atoms with Gasteiger partial charge in [0.1, 0.15) is 11.9 Å². The first kappa shape index (κ1) is 28.1. The quantitative estimate of drug-likeness (QED) is 0.286. The van der Waals surface area contributed by atoms with E-state index >= 15 is 0 Å². The van der Waals surface area contributed by atoms with Crippen molar-refractivity contribution in [3.8, 4) is 28.3 Å². The van der Waals surface area contributed by atoms with Crippen molar-refractivity contribution in [3.63, 3.8) is 0 Å². The third-order valence-corrected chi connectivity index (χ3v) is 7.30. The van der Waals surface area contributed by atoms with Crippen molar-refractivity contribution in [2.45, 2.75) is 13.0 Å². The number of fused-ring (bicyclic) bond motifs is 1. The van der Waals surface area contributed by atoms with Gasteiger partial charge in [0.25, 0.3) is 0 Å². The van der Waals surface area contributed by atoms with Gasteiger partial charge >= 0.3 is 0 Å². The average molecular weight is 562 g/mol. The molecule has 1 unspecified atom stereocenters. The minimum absolute atomic E-state index is 0. The lowest BCUT2D eigenvalue weighted by atomic mass is 10.0. The van der Waals surface area contributed by atoms with Gasteiger partial charge in [-0.15, -0.1) is 24.8 Å². The highest BCUT2D eigenvalue weighted by Crippen LogP contribution is 2.32. The number of pyridine rings is 2. The smallest absolute Gasteiger partial charge is 0.128 e. The molecule has 1 aromatic carbocycles. The van der Waals surface area contributed by atoms with Crippen molar-refractivity contribution in [3.05, 3.63) is 90.6 Å². The number of piperazine rings is 1.